The second-order valence-electron chi connectivity index (χ2n) is 3.70. The highest BCUT2D eigenvalue weighted by Crippen LogP contribution is 2.29. The number of halogens is 6. The van der Waals surface area contributed by atoms with Crippen molar-refractivity contribution in [3.8, 4) is 0 Å². The van der Waals surface area contributed by atoms with Crippen LogP contribution in [-0.4, -0.2) is 12.8 Å². The molecule has 0 spiro atoms. The van der Waals surface area contributed by atoms with Crippen LogP contribution in [0.25, 0.3) is 6.08 Å². The van der Waals surface area contributed by atoms with E-state index in [0.29, 0.717) is 11.8 Å². The van der Waals surface area contributed by atoms with E-state index in [4.69, 9.17) is 0 Å². The molecule has 0 amide bonds. The Bertz CT molecular complexity index is 467. The van der Waals surface area contributed by atoms with Crippen LogP contribution in [0.1, 0.15) is 11.1 Å². The molecular formula is C13H10F6O. The lowest BCUT2D eigenvalue weighted by Gasteiger charge is -2.05. The van der Waals surface area contributed by atoms with Crippen LogP contribution in [-0.2, 0) is 10.9 Å². The summed E-state index contributed by atoms with van der Waals surface area (Å²) in [5.74, 6) is 0. The fraction of sp³-hybridized carbons (Fsp3) is 0.231. The normalized spacial score (nSPS) is 13.3. The summed E-state index contributed by atoms with van der Waals surface area (Å²) in [6.07, 6.45) is -5.54. The molecular weight excluding hydrogens is 286 g/mol. The predicted octanol–water partition coefficient (Wildman–Crippen LogP) is 4.81. The Labute approximate surface area is 111 Å². The maximum Gasteiger partial charge on any atom is 0.416 e. The molecule has 0 heterocycles. The molecule has 0 unspecified atom stereocenters. The highest BCUT2D eigenvalue weighted by Gasteiger charge is 2.29. The van der Waals surface area contributed by atoms with Crippen molar-refractivity contribution in [3.05, 3.63) is 53.8 Å². The Morgan fingerprint density at radius 1 is 0.950 bits per heavy atom. The lowest BCUT2D eigenvalue weighted by molar-refractivity contribution is -0.137. The summed E-state index contributed by atoms with van der Waals surface area (Å²) in [7, 11) is 0. The number of rotatable bonds is 4. The molecule has 0 aliphatic carbocycles. The van der Waals surface area contributed by atoms with Crippen LogP contribution in [0.4, 0.5) is 26.3 Å². The third-order valence-corrected chi connectivity index (χ3v) is 2.09. The van der Waals surface area contributed by atoms with Gasteiger partial charge in [0.1, 0.15) is 6.61 Å². The van der Waals surface area contributed by atoms with Crippen LogP contribution >= 0.6 is 0 Å². The van der Waals surface area contributed by atoms with E-state index in [1.54, 1.807) is 0 Å². The molecule has 0 saturated heterocycles. The maximum atomic E-state index is 12.3. The van der Waals surface area contributed by atoms with E-state index in [9.17, 15) is 26.3 Å². The minimum Gasteiger partial charge on any atom is -0.497 e. The van der Waals surface area contributed by atoms with Gasteiger partial charge in [-0.15, -0.1) is 0 Å². The Morgan fingerprint density at radius 3 is 2.05 bits per heavy atom. The van der Waals surface area contributed by atoms with E-state index in [-0.39, 0.29) is 12.7 Å². The van der Waals surface area contributed by atoms with Gasteiger partial charge in [-0.05, 0) is 23.8 Å². The number of ether oxygens (including phenoxy) is 1. The fourth-order valence-electron chi connectivity index (χ4n) is 1.20. The first-order valence-corrected chi connectivity index (χ1v) is 5.38. The van der Waals surface area contributed by atoms with Crippen molar-refractivity contribution in [2.24, 2.45) is 0 Å². The van der Waals surface area contributed by atoms with Crippen molar-refractivity contribution >= 4 is 6.08 Å². The van der Waals surface area contributed by atoms with Gasteiger partial charge in [-0.2, -0.15) is 26.3 Å². The number of alkyl halides is 6. The predicted molar refractivity (Wildman–Crippen MR) is 61.6 cm³/mol. The van der Waals surface area contributed by atoms with Gasteiger partial charge in [0.05, 0.1) is 17.9 Å². The largest absolute Gasteiger partial charge is 0.497 e. The first kappa shape index (κ1) is 16.1. The quantitative estimate of drug-likeness (QED) is 0.440. The van der Waals surface area contributed by atoms with E-state index in [2.05, 4.69) is 4.74 Å². The van der Waals surface area contributed by atoms with Crippen molar-refractivity contribution in [1.29, 1.82) is 0 Å². The monoisotopic (exact) mass is 296 g/mol. The molecule has 1 aromatic rings. The minimum absolute atomic E-state index is 0.0566. The van der Waals surface area contributed by atoms with Gasteiger partial charge in [0, 0.05) is 0 Å². The second-order valence-corrected chi connectivity index (χ2v) is 3.70. The summed E-state index contributed by atoms with van der Waals surface area (Å²) in [6, 6.07) is 4.35. The molecule has 1 rings (SSSR count). The van der Waals surface area contributed by atoms with E-state index < -0.39 is 17.9 Å². The molecule has 1 aromatic carbocycles. The van der Waals surface area contributed by atoms with Gasteiger partial charge in [-0.25, -0.2) is 0 Å². The molecule has 0 aliphatic rings. The first-order valence-electron chi connectivity index (χ1n) is 5.38. The van der Waals surface area contributed by atoms with E-state index in [1.165, 1.54) is 24.3 Å². The van der Waals surface area contributed by atoms with Gasteiger partial charge in [-0.1, -0.05) is 18.2 Å². The van der Waals surface area contributed by atoms with Crippen molar-refractivity contribution in [3.63, 3.8) is 0 Å². The van der Waals surface area contributed by atoms with Crippen LogP contribution < -0.4 is 0 Å². The Kier molecular flexibility index (Phi) is 5.24. The van der Waals surface area contributed by atoms with Gasteiger partial charge in [-0.3, -0.25) is 0 Å². The summed E-state index contributed by atoms with van der Waals surface area (Å²) >= 11 is 0. The lowest BCUT2D eigenvalue weighted by atomic mass is 10.1. The molecule has 0 aliphatic heterocycles. The van der Waals surface area contributed by atoms with Gasteiger partial charge in [0.25, 0.3) is 0 Å². The zero-order valence-electron chi connectivity index (χ0n) is 10.0. The van der Waals surface area contributed by atoms with Crippen LogP contribution in [0.2, 0.25) is 0 Å². The standard InChI is InChI=1S/C13H10F6O/c14-12(15,16)7-9-20-8-1-2-10-3-5-11(6-4-10)13(17,18)19/h1-7,9H,8H2/b2-1+,9-7+. The van der Waals surface area contributed by atoms with Gasteiger partial charge in [0.15, 0.2) is 0 Å². The molecule has 110 valence electrons. The van der Waals surface area contributed by atoms with Gasteiger partial charge >= 0.3 is 12.4 Å². The summed E-state index contributed by atoms with van der Waals surface area (Å²) in [4.78, 5) is 0. The number of hydrogen-bond acceptors (Lipinski definition) is 1. The number of hydrogen-bond donors (Lipinski definition) is 0. The molecule has 7 heteroatoms. The highest BCUT2D eigenvalue weighted by atomic mass is 19.4. The summed E-state index contributed by atoms with van der Waals surface area (Å²) < 4.78 is 76.4. The Morgan fingerprint density at radius 2 is 1.55 bits per heavy atom. The van der Waals surface area contributed by atoms with Crippen LogP contribution in [0.3, 0.4) is 0 Å². The topological polar surface area (TPSA) is 9.23 Å². The SMILES string of the molecule is FC(F)(F)/C=C/OC/C=C/c1ccc(C(F)(F)F)cc1. The minimum atomic E-state index is -4.43. The third-order valence-electron chi connectivity index (χ3n) is 2.09. The van der Waals surface area contributed by atoms with Crippen LogP contribution in [0.15, 0.2) is 42.7 Å². The molecule has 20 heavy (non-hydrogen) atoms. The number of allylic oxidation sites excluding steroid dienone is 1. The Balaban J connectivity index is 2.45. The van der Waals surface area contributed by atoms with E-state index in [0.717, 1.165) is 12.1 Å². The summed E-state index contributed by atoms with van der Waals surface area (Å²) in [5.41, 5.74) is -0.277. The fourth-order valence-corrected chi connectivity index (χ4v) is 1.20. The van der Waals surface area contributed by atoms with Gasteiger partial charge in [0.2, 0.25) is 0 Å². The number of benzene rings is 1. The summed E-state index contributed by atoms with van der Waals surface area (Å²) in [5, 5.41) is 0. The molecule has 1 nitrogen and oxygen atoms in total. The summed E-state index contributed by atoms with van der Waals surface area (Å²) in [6.45, 7) is -0.117. The van der Waals surface area contributed by atoms with E-state index >= 15 is 0 Å². The average Bonchev–Trinajstić information content (AvgIpc) is 2.32. The first-order chi connectivity index (χ1) is 9.18. The average molecular weight is 296 g/mol. The molecule has 0 saturated carbocycles. The maximum absolute atomic E-state index is 12.3. The van der Waals surface area contributed by atoms with Crippen molar-refractivity contribution < 1.29 is 31.1 Å². The molecule has 0 radical (unpaired) electrons. The van der Waals surface area contributed by atoms with Crippen molar-refractivity contribution in [1.82, 2.24) is 0 Å². The molecule has 0 atom stereocenters. The van der Waals surface area contributed by atoms with Crippen LogP contribution in [0, 0.1) is 0 Å². The zero-order chi connectivity index (χ0) is 15.2. The Hall–Kier alpha value is -1.92. The lowest BCUT2D eigenvalue weighted by Crippen LogP contribution is -2.03. The van der Waals surface area contributed by atoms with Crippen molar-refractivity contribution in [2.75, 3.05) is 6.61 Å². The van der Waals surface area contributed by atoms with Crippen molar-refractivity contribution in [2.45, 2.75) is 12.4 Å². The molecule has 0 N–H and O–H groups in total. The van der Waals surface area contributed by atoms with E-state index in [1.807, 2.05) is 0 Å². The molecule has 0 bridgehead atoms. The molecule has 0 fully saturated rings. The second kappa shape index (κ2) is 6.49. The smallest absolute Gasteiger partial charge is 0.416 e. The molecule has 0 aromatic heterocycles. The van der Waals surface area contributed by atoms with Gasteiger partial charge < -0.3 is 4.74 Å². The highest BCUT2D eigenvalue weighted by molar-refractivity contribution is 5.49. The zero-order valence-corrected chi connectivity index (χ0v) is 10.0. The third kappa shape index (κ3) is 6.31. The van der Waals surface area contributed by atoms with Crippen LogP contribution in [0.5, 0.6) is 0 Å².